The zero-order chi connectivity index (χ0) is 30.7. The molecule has 0 radical (unpaired) electrons. The van der Waals surface area contributed by atoms with Gasteiger partial charge in [0.2, 0.25) is 0 Å². The number of hydrogen-bond donors (Lipinski definition) is 0. The first-order valence-corrected chi connectivity index (χ1v) is 14.5. The SMILES string of the molecule is COC(=O)c1c2cccccc-2c2c1OCCOCCOCCOCCOCCOc1c(C(=O)OC)c3cccccc-3c1-2. The molecule has 1 aliphatic heterocycles. The quantitative estimate of drug-likeness (QED) is 0.291. The highest BCUT2D eigenvalue weighted by Gasteiger charge is 2.37. The summed E-state index contributed by atoms with van der Waals surface area (Å²) in [5.74, 6) is -0.501. The zero-order valence-electron chi connectivity index (χ0n) is 24.9. The first-order valence-electron chi connectivity index (χ1n) is 14.5. The van der Waals surface area contributed by atoms with E-state index in [-0.39, 0.29) is 37.6 Å². The standard InChI is InChI=1S/C34H36O10/c1-37-33(35)29-25-11-7-3-5-9-23(25)27-28-24-10-6-4-8-12-26(24)30(34(36)38-2)32(28)44-22-20-42-18-16-40-14-13-39-15-17-41-19-21-43-31(27)29/h3-12H,13-22H2,1-2H3. The molecule has 10 heteroatoms. The Labute approximate surface area is 256 Å². The van der Waals surface area contributed by atoms with E-state index in [1.54, 1.807) is 0 Å². The summed E-state index contributed by atoms with van der Waals surface area (Å²) >= 11 is 0. The largest absolute Gasteiger partial charge is 0.490 e. The van der Waals surface area contributed by atoms with Crippen LogP contribution < -0.4 is 9.47 Å². The average molecular weight is 605 g/mol. The molecule has 0 N–H and O–H groups in total. The summed E-state index contributed by atoms with van der Waals surface area (Å²) < 4.78 is 45.8. The van der Waals surface area contributed by atoms with Gasteiger partial charge in [0, 0.05) is 22.3 Å². The minimum Gasteiger partial charge on any atom is -0.490 e. The molecule has 0 saturated carbocycles. The van der Waals surface area contributed by atoms with Crippen molar-refractivity contribution in [3.05, 3.63) is 71.8 Å². The molecule has 0 aromatic carbocycles. The van der Waals surface area contributed by atoms with Gasteiger partial charge in [-0.25, -0.2) is 9.59 Å². The molecule has 0 amide bonds. The number of ether oxygens (including phenoxy) is 8. The number of fused-ring (bicyclic) bond motifs is 7. The summed E-state index contributed by atoms with van der Waals surface area (Å²) in [5, 5.41) is 0. The van der Waals surface area contributed by atoms with E-state index in [9.17, 15) is 9.59 Å². The van der Waals surface area contributed by atoms with Crippen LogP contribution in [0.15, 0.2) is 60.7 Å². The Morgan fingerprint density at radius 1 is 0.477 bits per heavy atom. The highest BCUT2D eigenvalue weighted by atomic mass is 16.6. The van der Waals surface area contributed by atoms with Gasteiger partial charge >= 0.3 is 11.9 Å². The Morgan fingerprint density at radius 2 is 0.795 bits per heavy atom. The second kappa shape index (κ2) is 15.5. The maximum absolute atomic E-state index is 13.4. The number of methoxy groups -OCH3 is 2. The fraction of sp³-hybridized carbons (Fsp3) is 0.353. The van der Waals surface area contributed by atoms with E-state index in [0.29, 0.717) is 73.4 Å². The van der Waals surface area contributed by atoms with Crippen LogP contribution in [0.1, 0.15) is 20.7 Å². The molecule has 0 aromatic rings. The van der Waals surface area contributed by atoms with Crippen LogP contribution in [0.2, 0.25) is 0 Å². The average Bonchev–Trinajstić information content (AvgIpc) is 3.23. The monoisotopic (exact) mass is 604 g/mol. The fourth-order valence-electron chi connectivity index (χ4n) is 5.27. The highest BCUT2D eigenvalue weighted by molar-refractivity contribution is 6.16. The number of rotatable bonds is 2. The number of carbonyl (C=O) groups is 2. The molecule has 0 aromatic heterocycles. The van der Waals surface area contributed by atoms with E-state index in [2.05, 4.69) is 0 Å². The minimum absolute atomic E-state index is 0.142. The Kier molecular flexibility index (Phi) is 11.0. The molecule has 0 unspecified atom stereocenters. The van der Waals surface area contributed by atoms with Gasteiger partial charge in [-0.1, -0.05) is 60.7 Å². The van der Waals surface area contributed by atoms with E-state index in [4.69, 9.17) is 37.9 Å². The van der Waals surface area contributed by atoms with E-state index in [0.717, 1.165) is 11.1 Å². The first kappa shape index (κ1) is 31.2. The molecule has 1 heterocycles. The molecule has 0 bridgehead atoms. The molecule has 4 aliphatic carbocycles. The third-order valence-corrected chi connectivity index (χ3v) is 7.16. The van der Waals surface area contributed by atoms with Crippen LogP contribution in [0.3, 0.4) is 0 Å². The van der Waals surface area contributed by atoms with E-state index in [1.807, 2.05) is 60.7 Å². The van der Waals surface area contributed by atoms with Crippen molar-refractivity contribution >= 4 is 11.9 Å². The lowest BCUT2D eigenvalue weighted by Crippen LogP contribution is -2.15. The van der Waals surface area contributed by atoms with Crippen LogP contribution in [0, 0.1) is 0 Å². The van der Waals surface area contributed by atoms with Crippen LogP contribution in [0.4, 0.5) is 0 Å². The number of esters is 2. The fourth-order valence-corrected chi connectivity index (χ4v) is 5.27. The van der Waals surface area contributed by atoms with Crippen molar-refractivity contribution in [3.63, 3.8) is 0 Å². The first-order chi connectivity index (χ1) is 21.7. The molecule has 5 aliphatic rings. The maximum Gasteiger partial charge on any atom is 0.342 e. The van der Waals surface area contributed by atoms with Gasteiger partial charge in [0.1, 0.15) is 35.8 Å². The predicted molar refractivity (Wildman–Crippen MR) is 162 cm³/mol. The second-order valence-electron chi connectivity index (χ2n) is 9.76. The Balaban J connectivity index is 1.73. The van der Waals surface area contributed by atoms with Gasteiger partial charge in [-0.2, -0.15) is 0 Å². The summed E-state index contributed by atoms with van der Waals surface area (Å²) in [5.41, 5.74) is 4.40. The summed E-state index contributed by atoms with van der Waals surface area (Å²) in [7, 11) is 2.66. The van der Waals surface area contributed by atoms with E-state index in [1.165, 1.54) is 14.2 Å². The number of carbonyl (C=O) groups excluding carboxylic acids is 2. The van der Waals surface area contributed by atoms with Gasteiger partial charge < -0.3 is 37.9 Å². The molecule has 5 rings (SSSR count). The van der Waals surface area contributed by atoms with E-state index < -0.39 is 11.9 Å². The lowest BCUT2D eigenvalue weighted by molar-refractivity contribution is -0.00709. The van der Waals surface area contributed by atoms with Crippen molar-refractivity contribution in [3.8, 4) is 44.9 Å². The molecule has 0 atom stereocenters. The van der Waals surface area contributed by atoms with Crippen molar-refractivity contribution in [2.24, 2.45) is 0 Å². The Morgan fingerprint density at radius 3 is 1.14 bits per heavy atom. The molecule has 0 saturated heterocycles. The molecule has 0 spiro atoms. The third kappa shape index (κ3) is 6.79. The van der Waals surface area contributed by atoms with Crippen molar-refractivity contribution in [1.29, 1.82) is 0 Å². The van der Waals surface area contributed by atoms with Gasteiger partial charge in [0.15, 0.2) is 0 Å². The summed E-state index contributed by atoms with van der Waals surface area (Å²) in [6.07, 6.45) is 0. The van der Waals surface area contributed by atoms with Crippen LogP contribution >= 0.6 is 0 Å². The second-order valence-corrected chi connectivity index (χ2v) is 9.76. The lowest BCUT2D eigenvalue weighted by Gasteiger charge is -2.15. The summed E-state index contributed by atoms with van der Waals surface area (Å²) in [6.45, 7) is 3.21. The molecule has 232 valence electrons. The Bertz CT molecular complexity index is 1390. The summed E-state index contributed by atoms with van der Waals surface area (Å²) in [4.78, 5) is 26.7. The molecular formula is C34H36O10. The Hall–Kier alpha value is -4.22. The smallest absolute Gasteiger partial charge is 0.342 e. The van der Waals surface area contributed by atoms with Crippen LogP contribution in [0.5, 0.6) is 11.5 Å². The topological polar surface area (TPSA) is 108 Å². The van der Waals surface area contributed by atoms with Crippen molar-refractivity contribution < 1.29 is 47.5 Å². The molecular weight excluding hydrogens is 568 g/mol. The van der Waals surface area contributed by atoms with Gasteiger partial charge in [0.05, 0.1) is 67.1 Å². The van der Waals surface area contributed by atoms with Crippen LogP contribution in [-0.4, -0.2) is 92.2 Å². The van der Waals surface area contributed by atoms with Gasteiger partial charge in [0.25, 0.3) is 0 Å². The minimum atomic E-state index is -0.557. The maximum atomic E-state index is 13.4. The third-order valence-electron chi connectivity index (χ3n) is 7.16. The van der Waals surface area contributed by atoms with Crippen molar-refractivity contribution in [1.82, 2.24) is 0 Å². The molecule has 10 nitrogen and oxygen atoms in total. The lowest BCUT2D eigenvalue weighted by atomic mass is 9.99. The summed E-state index contributed by atoms with van der Waals surface area (Å²) in [6, 6.07) is 18.7. The van der Waals surface area contributed by atoms with Crippen molar-refractivity contribution in [2.75, 3.05) is 80.3 Å². The van der Waals surface area contributed by atoms with Crippen molar-refractivity contribution in [2.45, 2.75) is 0 Å². The van der Waals surface area contributed by atoms with E-state index >= 15 is 0 Å². The van der Waals surface area contributed by atoms with Crippen LogP contribution in [-0.2, 0) is 28.4 Å². The van der Waals surface area contributed by atoms with Gasteiger partial charge in [-0.15, -0.1) is 0 Å². The van der Waals surface area contributed by atoms with Gasteiger partial charge in [-0.3, -0.25) is 0 Å². The molecule has 0 fully saturated rings. The predicted octanol–water partition coefficient (Wildman–Crippen LogP) is 4.97. The van der Waals surface area contributed by atoms with Gasteiger partial charge in [-0.05, 0) is 11.1 Å². The molecule has 44 heavy (non-hydrogen) atoms. The highest BCUT2D eigenvalue weighted by Crippen LogP contribution is 2.56. The number of hydrogen-bond acceptors (Lipinski definition) is 10. The normalized spacial score (nSPS) is 15.7. The van der Waals surface area contributed by atoms with Crippen LogP contribution in [0.25, 0.3) is 33.4 Å². The zero-order valence-corrected chi connectivity index (χ0v) is 24.9.